The summed E-state index contributed by atoms with van der Waals surface area (Å²) in [5.74, 6) is 0.877. The number of benzene rings is 2. The molecule has 4 rings (SSSR count). The molecule has 6 heteroatoms. The maximum atomic E-state index is 12.2. The number of anilines is 1. The number of nitrogens with zero attached hydrogens (tertiary/aromatic N) is 3. The van der Waals surface area contributed by atoms with Gasteiger partial charge in [-0.25, -0.2) is 4.98 Å². The molecule has 146 valence electrons. The van der Waals surface area contributed by atoms with E-state index in [2.05, 4.69) is 34.7 Å². The minimum Gasteiger partial charge on any atom is -0.369 e. The number of nitrogens with one attached hydrogen (secondary N) is 2. The molecule has 29 heavy (non-hydrogen) atoms. The van der Waals surface area contributed by atoms with Crippen LogP contribution >= 0.6 is 0 Å². The largest absolute Gasteiger partial charge is 0.369 e. The highest BCUT2D eigenvalue weighted by molar-refractivity contribution is 5.79. The highest BCUT2D eigenvalue weighted by Crippen LogP contribution is 2.30. The van der Waals surface area contributed by atoms with Crippen LogP contribution in [0.15, 0.2) is 73.2 Å². The van der Waals surface area contributed by atoms with Crippen molar-refractivity contribution < 1.29 is 4.79 Å². The van der Waals surface area contributed by atoms with Crippen molar-refractivity contribution in [3.05, 3.63) is 84.3 Å². The van der Waals surface area contributed by atoms with E-state index in [-0.39, 0.29) is 5.91 Å². The van der Waals surface area contributed by atoms with Gasteiger partial charge < -0.3 is 10.6 Å². The maximum Gasteiger partial charge on any atom is 0.222 e. The van der Waals surface area contributed by atoms with Crippen LogP contribution in [-0.4, -0.2) is 26.8 Å². The Labute approximate surface area is 169 Å². The second-order valence-electron chi connectivity index (χ2n) is 6.87. The molecule has 2 heterocycles. The summed E-state index contributed by atoms with van der Waals surface area (Å²) in [6, 6.07) is 18.0. The van der Waals surface area contributed by atoms with Crippen LogP contribution in [0.4, 0.5) is 5.82 Å². The molecule has 6 nitrogen and oxygen atoms in total. The van der Waals surface area contributed by atoms with E-state index in [0.29, 0.717) is 19.5 Å². The predicted octanol–water partition coefficient (Wildman–Crippen LogP) is 3.82. The Kier molecular flexibility index (Phi) is 5.52. The molecule has 0 saturated heterocycles. The lowest BCUT2D eigenvalue weighted by atomic mass is 10.1. The average Bonchev–Trinajstić information content (AvgIpc) is 3.12. The molecule has 0 fully saturated rings. The first-order chi connectivity index (χ1) is 14.2. The fraction of sp³-hybridized carbons (Fsp3) is 0.174. The second kappa shape index (κ2) is 8.56. The molecule has 0 atom stereocenters. The zero-order chi connectivity index (χ0) is 20.1. The smallest absolute Gasteiger partial charge is 0.222 e. The third-order valence-electron chi connectivity index (χ3n) is 4.81. The van der Waals surface area contributed by atoms with Gasteiger partial charge in [-0.15, -0.1) is 0 Å². The Bertz CT molecular complexity index is 1120. The summed E-state index contributed by atoms with van der Waals surface area (Å²) in [7, 11) is 0. The quantitative estimate of drug-likeness (QED) is 0.507. The SMILES string of the molecule is Cc1ccccc1-c1nc2cnccn2c1NCCC(=O)NCc1ccccc1. The third kappa shape index (κ3) is 4.27. The fourth-order valence-electron chi connectivity index (χ4n) is 3.28. The standard InChI is InChI=1S/C23H23N5O/c1-17-7-5-6-10-19(17)22-23(28-14-13-24-16-20(28)27-22)25-12-11-21(29)26-15-18-8-3-2-4-9-18/h2-10,13-14,16,25H,11-12,15H2,1H3,(H,26,29). The first kappa shape index (κ1) is 18.7. The van der Waals surface area contributed by atoms with Gasteiger partial charge in [-0.05, 0) is 18.1 Å². The molecule has 0 aliphatic carbocycles. The van der Waals surface area contributed by atoms with Crippen molar-refractivity contribution in [3.8, 4) is 11.3 Å². The maximum absolute atomic E-state index is 12.2. The van der Waals surface area contributed by atoms with Crippen LogP contribution in [0, 0.1) is 6.92 Å². The molecule has 2 N–H and O–H groups in total. The Morgan fingerprint density at radius 3 is 2.69 bits per heavy atom. The second-order valence-corrected chi connectivity index (χ2v) is 6.87. The van der Waals surface area contributed by atoms with Crippen molar-refractivity contribution in [2.75, 3.05) is 11.9 Å². The van der Waals surface area contributed by atoms with Crippen molar-refractivity contribution in [2.45, 2.75) is 19.9 Å². The molecular formula is C23H23N5O. The molecule has 1 amide bonds. The summed E-state index contributed by atoms with van der Waals surface area (Å²) in [6.45, 7) is 3.11. The van der Waals surface area contributed by atoms with Crippen molar-refractivity contribution >= 4 is 17.4 Å². The third-order valence-corrected chi connectivity index (χ3v) is 4.81. The van der Waals surface area contributed by atoms with E-state index in [4.69, 9.17) is 4.98 Å². The summed E-state index contributed by atoms with van der Waals surface area (Å²) in [6.07, 6.45) is 5.72. The minimum atomic E-state index is 0.00859. The van der Waals surface area contributed by atoms with Gasteiger partial charge in [0.1, 0.15) is 11.5 Å². The number of amides is 1. The number of rotatable bonds is 7. The Hall–Kier alpha value is -3.67. The van der Waals surface area contributed by atoms with Gasteiger partial charge >= 0.3 is 0 Å². The van der Waals surface area contributed by atoms with Gasteiger partial charge in [-0.3, -0.25) is 14.2 Å². The normalized spacial score (nSPS) is 10.8. The summed E-state index contributed by atoms with van der Waals surface area (Å²) in [4.78, 5) is 21.2. The lowest BCUT2D eigenvalue weighted by Crippen LogP contribution is -2.25. The van der Waals surface area contributed by atoms with Crippen LogP contribution in [0.2, 0.25) is 0 Å². The van der Waals surface area contributed by atoms with Crippen LogP contribution in [0.25, 0.3) is 16.9 Å². The van der Waals surface area contributed by atoms with Crippen LogP contribution in [-0.2, 0) is 11.3 Å². The molecule has 2 aromatic heterocycles. The molecule has 0 spiro atoms. The highest BCUT2D eigenvalue weighted by Gasteiger charge is 2.15. The van der Waals surface area contributed by atoms with Crippen LogP contribution in [0.5, 0.6) is 0 Å². The number of aryl methyl sites for hydroxylation is 1. The van der Waals surface area contributed by atoms with Crippen molar-refractivity contribution in [3.63, 3.8) is 0 Å². The van der Waals surface area contributed by atoms with E-state index in [9.17, 15) is 4.79 Å². The molecule has 0 saturated carbocycles. The minimum absolute atomic E-state index is 0.00859. The zero-order valence-corrected chi connectivity index (χ0v) is 16.3. The summed E-state index contributed by atoms with van der Waals surface area (Å²) >= 11 is 0. The number of imidazole rings is 1. The molecule has 0 aliphatic rings. The molecule has 0 bridgehead atoms. The highest BCUT2D eigenvalue weighted by atomic mass is 16.1. The number of carbonyl (C=O) groups is 1. The summed E-state index contributed by atoms with van der Waals surface area (Å²) in [5, 5.41) is 6.36. The first-order valence-corrected chi connectivity index (χ1v) is 9.65. The number of hydrogen-bond acceptors (Lipinski definition) is 4. The van der Waals surface area contributed by atoms with Crippen LogP contribution in [0.1, 0.15) is 17.5 Å². The summed E-state index contributed by atoms with van der Waals surface area (Å²) < 4.78 is 1.97. The van der Waals surface area contributed by atoms with E-state index >= 15 is 0 Å². The van der Waals surface area contributed by atoms with Crippen LogP contribution in [0.3, 0.4) is 0 Å². The molecular weight excluding hydrogens is 362 g/mol. The van der Waals surface area contributed by atoms with Gasteiger partial charge in [0.2, 0.25) is 5.91 Å². The number of aromatic nitrogens is 3. The van der Waals surface area contributed by atoms with E-state index in [1.54, 1.807) is 12.4 Å². The topological polar surface area (TPSA) is 71.3 Å². The van der Waals surface area contributed by atoms with Crippen molar-refractivity contribution in [2.24, 2.45) is 0 Å². The average molecular weight is 385 g/mol. The van der Waals surface area contributed by atoms with Gasteiger partial charge in [0.25, 0.3) is 0 Å². The summed E-state index contributed by atoms with van der Waals surface area (Å²) in [5.41, 5.74) is 4.92. The van der Waals surface area contributed by atoms with Gasteiger partial charge in [-0.2, -0.15) is 0 Å². The predicted molar refractivity (Wildman–Crippen MR) is 115 cm³/mol. The molecule has 0 radical (unpaired) electrons. The first-order valence-electron chi connectivity index (χ1n) is 9.65. The Morgan fingerprint density at radius 2 is 1.86 bits per heavy atom. The lowest BCUT2D eigenvalue weighted by molar-refractivity contribution is -0.121. The molecule has 0 aliphatic heterocycles. The zero-order valence-electron chi connectivity index (χ0n) is 16.3. The monoisotopic (exact) mass is 385 g/mol. The van der Waals surface area contributed by atoms with E-state index in [0.717, 1.165) is 33.8 Å². The van der Waals surface area contributed by atoms with Crippen molar-refractivity contribution in [1.29, 1.82) is 0 Å². The van der Waals surface area contributed by atoms with Gasteiger partial charge in [0.05, 0.1) is 6.20 Å². The van der Waals surface area contributed by atoms with Gasteiger partial charge in [0.15, 0.2) is 5.65 Å². The van der Waals surface area contributed by atoms with Gasteiger partial charge in [0, 0.05) is 37.5 Å². The molecule has 2 aromatic carbocycles. The number of hydrogen-bond donors (Lipinski definition) is 2. The fourth-order valence-corrected chi connectivity index (χ4v) is 3.28. The molecule has 0 unspecified atom stereocenters. The lowest BCUT2D eigenvalue weighted by Gasteiger charge is -2.10. The number of fused-ring (bicyclic) bond motifs is 1. The van der Waals surface area contributed by atoms with E-state index in [1.165, 1.54) is 0 Å². The molecule has 4 aromatic rings. The van der Waals surface area contributed by atoms with Crippen molar-refractivity contribution in [1.82, 2.24) is 19.7 Å². The van der Waals surface area contributed by atoms with Crippen LogP contribution < -0.4 is 10.6 Å². The Balaban J connectivity index is 1.47. The van der Waals surface area contributed by atoms with E-state index in [1.807, 2.05) is 53.1 Å². The Morgan fingerprint density at radius 1 is 1.07 bits per heavy atom. The van der Waals surface area contributed by atoms with E-state index < -0.39 is 0 Å². The van der Waals surface area contributed by atoms with Gasteiger partial charge in [-0.1, -0.05) is 54.6 Å². The number of carbonyl (C=O) groups excluding carboxylic acids is 1.